The molecule has 1 aromatic carbocycles. The number of phenols is 1. The molecule has 34 heavy (non-hydrogen) atoms. The second-order valence-corrected chi connectivity index (χ2v) is 9.49. The van der Waals surface area contributed by atoms with Crippen LogP contribution >= 0.6 is 0 Å². The summed E-state index contributed by atoms with van der Waals surface area (Å²) >= 11 is 0. The van der Waals surface area contributed by atoms with Crippen LogP contribution in [0.3, 0.4) is 0 Å². The van der Waals surface area contributed by atoms with Crippen LogP contribution in [0.15, 0.2) is 46.4 Å². The van der Waals surface area contributed by atoms with Gasteiger partial charge < -0.3 is 30.9 Å². The number of carbonyl (C=O) groups excluding carboxylic acids is 2. The molecule has 9 heteroatoms. The van der Waals surface area contributed by atoms with Crippen molar-refractivity contribution in [3.05, 3.63) is 57.6 Å². The van der Waals surface area contributed by atoms with E-state index in [4.69, 9.17) is 10.5 Å². The van der Waals surface area contributed by atoms with Crippen LogP contribution < -0.4 is 5.73 Å². The molecule has 1 fully saturated rings. The number of nitrogens with two attached hydrogens (primary N) is 1. The van der Waals surface area contributed by atoms with Crippen LogP contribution in [0.2, 0.25) is 0 Å². The van der Waals surface area contributed by atoms with Crippen LogP contribution in [0.4, 0.5) is 0 Å². The maximum atomic E-state index is 13.5. The molecule has 3 atom stereocenters. The maximum Gasteiger partial charge on any atom is 0.256 e. The number of ether oxygens (including phenoxy) is 1. The highest BCUT2D eigenvalue weighted by atomic mass is 16.5. The number of aliphatic hydroxyl groups is 3. The molecule has 0 aromatic heterocycles. The van der Waals surface area contributed by atoms with E-state index in [0.717, 1.165) is 5.56 Å². The summed E-state index contributed by atoms with van der Waals surface area (Å²) in [6, 6.07) is 4.16. The number of Topliss-reactive ketones (excluding diaryl/α,β-unsaturated/α-hetero) is 1. The Balaban J connectivity index is 1.69. The van der Waals surface area contributed by atoms with Gasteiger partial charge in [0.1, 0.15) is 28.6 Å². The molecule has 1 aliphatic heterocycles. The standard InChI is InChI=1S/C25H28N2O7/c1-27(13-5-7-34-8-6-13)20-14-10-12-9-11-3-2-4-15(28)16(11)21(29)17(12)22(30)18(14)23(31)19(24(20)32)25(26)33/h2-4,12-14,20,28-31H,5-10H2,1H3,(H2,26,33). The second kappa shape index (κ2) is 8.18. The van der Waals surface area contributed by atoms with Crippen LogP contribution in [-0.2, 0) is 20.7 Å². The molecular weight excluding hydrogens is 440 g/mol. The summed E-state index contributed by atoms with van der Waals surface area (Å²) < 4.78 is 5.45. The molecule has 1 heterocycles. The summed E-state index contributed by atoms with van der Waals surface area (Å²) in [5, 5.41) is 43.7. The Morgan fingerprint density at radius 3 is 2.44 bits per heavy atom. The van der Waals surface area contributed by atoms with Crippen molar-refractivity contribution >= 4 is 17.4 Å². The summed E-state index contributed by atoms with van der Waals surface area (Å²) in [4.78, 5) is 27.6. The fraction of sp³-hybridized carbons (Fsp3) is 0.440. The Morgan fingerprint density at radius 2 is 1.76 bits per heavy atom. The highest BCUT2D eigenvalue weighted by molar-refractivity contribution is 6.22. The number of hydrogen-bond donors (Lipinski definition) is 5. The molecule has 0 bridgehead atoms. The molecular formula is C25H28N2O7. The summed E-state index contributed by atoms with van der Waals surface area (Å²) in [5.74, 6) is -3.99. The number of aliphatic hydroxyl groups excluding tert-OH is 3. The van der Waals surface area contributed by atoms with Gasteiger partial charge in [0.2, 0.25) is 0 Å². The quantitative estimate of drug-likeness (QED) is 0.422. The minimum atomic E-state index is -1.07. The van der Waals surface area contributed by atoms with Crippen molar-refractivity contribution < 1.29 is 34.8 Å². The topological polar surface area (TPSA) is 154 Å². The van der Waals surface area contributed by atoms with Crippen LogP contribution in [0.1, 0.15) is 30.4 Å². The lowest BCUT2D eigenvalue weighted by Crippen LogP contribution is -2.55. The minimum Gasteiger partial charge on any atom is -0.507 e. The van der Waals surface area contributed by atoms with Gasteiger partial charge in [0, 0.05) is 36.3 Å². The first-order valence-electron chi connectivity index (χ1n) is 11.5. The van der Waals surface area contributed by atoms with Crippen molar-refractivity contribution in [2.24, 2.45) is 17.6 Å². The summed E-state index contributed by atoms with van der Waals surface area (Å²) in [7, 11) is 1.81. The van der Waals surface area contributed by atoms with Crippen LogP contribution in [0.25, 0.3) is 5.76 Å². The van der Waals surface area contributed by atoms with Crippen molar-refractivity contribution in [2.45, 2.75) is 37.8 Å². The smallest absolute Gasteiger partial charge is 0.256 e. The van der Waals surface area contributed by atoms with Gasteiger partial charge in [-0.3, -0.25) is 14.5 Å². The first kappa shape index (κ1) is 22.5. The van der Waals surface area contributed by atoms with Gasteiger partial charge in [0.25, 0.3) is 5.91 Å². The third-order valence-corrected chi connectivity index (χ3v) is 7.75. The molecule has 1 amide bonds. The largest absolute Gasteiger partial charge is 0.507 e. The first-order valence-corrected chi connectivity index (χ1v) is 11.5. The van der Waals surface area contributed by atoms with Gasteiger partial charge in [0.15, 0.2) is 5.78 Å². The predicted molar refractivity (Wildman–Crippen MR) is 122 cm³/mol. The average molecular weight is 469 g/mol. The molecule has 4 aliphatic rings. The number of hydrogen-bond acceptors (Lipinski definition) is 8. The third-order valence-electron chi connectivity index (χ3n) is 7.75. The Bertz CT molecular complexity index is 1180. The number of phenolic OH excluding ortho intramolecular Hbond substituents is 1. The Morgan fingerprint density at radius 1 is 1.06 bits per heavy atom. The Labute approximate surface area is 196 Å². The highest BCUT2D eigenvalue weighted by Gasteiger charge is 2.51. The van der Waals surface area contributed by atoms with E-state index in [1.807, 2.05) is 11.9 Å². The van der Waals surface area contributed by atoms with E-state index in [1.165, 1.54) is 6.07 Å². The number of primary amides is 1. The number of allylic oxidation sites excluding steroid dienone is 2. The predicted octanol–water partition coefficient (Wildman–Crippen LogP) is 2.03. The number of amides is 1. The van der Waals surface area contributed by atoms with Crippen molar-refractivity contribution in [1.82, 2.24) is 4.90 Å². The lowest BCUT2D eigenvalue weighted by molar-refractivity contribution is -0.127. The maximum absolute atomic E-state index is 13.5. The summed E-state index contributed by atoms with van der Waals surface area (Å²) in [5.41, 5.74) is 6.14. The van der Waals surface area contributed by atoms with E-state index in [1.54, 1.807) is 12.1 Å². The van der Waals surface area contributed by atoms with E-state index >= 15 is 0 Å². The molecule has 0 radical (unpaired) electrons. The third kappa shape index (κ3) is 3.22. The normalized spacial score (nSPS) is 27.6. The first-order chi connectivity index (χ1) is 16.2. The van der Waals surface area contributed by atoms with Gasteiger partial charge in [-0.05, 0) is 50.3 Å². The van der Waals surface area contributed by atoms with E-state index < -0.39 is 35.0 Å². The van der Waals surface area contributed by atoms with Gasteiger partial charge in [-0.25, -0.2) is 0 Å². The zero-order chi connectivity index (χ0) is 24.3. The Hall–Kier alpha value is -3.30. The molecule has 6 N–H and O–H groups in total. The van der Waals surface area contributed by atoms with Crippen molar-refractivity contribution in [3.8, 4) is 5.75 Å². The van der Waals surface area contributed by atoms with Gasteiger partial charge >= 0.3 is 0 Å². The molecule has 1 saturated heterocycles. The molecule has 5 rings (SSSR count). The van der Waals surface area contributed by atoms with Gasteiger partial charge in [0.05, 0.1) is 11.6 Å². The lowest BCUT2D eigenvalue weighted by atomic mass is 9.64. The van der Waals surface area contributed by atoms with Gasteiger partial charge in [-0.15, -0.1) is 0 Å². The van der Waals surface area contributed by atoms with Crippen LogP contribution in [-0.4, -0.2) is 69.4 Å². The SMILES string of the molecule is CN(C1CCOCC1)C1C(=O)C(C(N)=O)=C(O)C2=C(O)C3=C(O)c4c(O)cccc4CC3CC21. The molecule has 0 saturated carbocycles. The van der Waals surface area contributed by atoms with Crippen molar-refractivity contribution in [1.29, 1.82) is 0 Å². The highest BCUT2D eigenvalue weighted by Crippen LogP contribution is 2.51. The van der Waals surface area contributed by atoms with E-state index in [0.29, 0.717) is 38.9 Å². The summed E-state index contributed by atoms with van der Waals surface area (Å²) in [6.45, 7) is 1.11. The monoisotopic (exact) mass is 468 g/mol. The fourth-order valence-corrected chi connectivity index (χ4v) is 6.16. The zero-order valence-electron chi connectivity index (χ0n) is 18.8. The van der Waals surface area contributed by atoms with E-state index in [9.17, 15) is 30.0 Å². The van der Waals surface area contributed by atoms with Crippen molar-refractivity contribution in [3.63, 3.8) is 0 Å². The van der Waals surface area contributed by atoms with Crippen LogP contribution in [0.5, 0.6) is 5.75 Å². The minimum absolute atomic E-state index is 0.0230. The number of ketones is 1. The van der Waals surface area contributed by atoms with E-state index in [-0.39, 0.29) is 45.9 Å². The van der Waals surface area contributed by atoms with E-state index in [2.05, 4.69) is 0 Å². The number of benzene rings is 1. The fourth-order valence-electron chi connectivity index (χ4n) is 6.16. The molecule has 180 valence electrons. The molecule has 3 aliphatic carbocycles. The zero-order valence-corrected chi connectivity index (χ0v) is 18.8. The van der Waals surface area contributed by atoms with Gasteiger partial charge in [-0.2, -0.15) is 0 Å². The molecule has 9 nitrogen and oxygen atoms in total. The molecule has 3 unspecified atom stereocenters. The Kier molecular flexibility index (Phi) is 5.41. The van der Waals surface area contributed by atoms with Crippen LogP contribution in [0, 0.1) is 11.8 Å². The second-order valence-electron chi connectivity index (χ2n) is 9.49. The van der Waals surface area contributed by atoms with Crippen molar-refractivity contribution in [2.75, 3.05) is 20.3 Å². The number of aromatic hydroxyl groups is 1. The number of rotatable bonds is 3. The molecule has 1 aromatic rings. The van der Waals surface area contributed by atoms with Gasteiger partial charge in [-0.1, -0.05) is 12.1 Å². The number of likely N-dealkylation sites (N-methyl/N-ethyl adjacent to an activating group) is 1. The average Bonchev–Trinajstić information content (AvgIpc) is 2.79. The lowest BCUT2D eigenvalue weighted by Gasteiger charge is -2.46. The number of fused-ring (bicyclic) bond motifs is 3. The molecule has 0 spiro atoms. The summed E-state index contributed by atoms with van der Waals surface area (Å²) in [6.07, 6.45) is 2.21. The number of nitrogens with zero attached hydrogens (tertiary/aromatic N) is 1. The number of carbonyl (C=O) groups is 2.